The van der Waals surface area contributed by atoms with Crippen LogP contribution in [0.25, 0.3) is 22.5 Å². The van der Waals surface area contributed by atoms with Gasteiger partial charge in [0.25, 0.3) is 11.6 Å². The van der Waals surface area contributed by atoms with E-state index in [1.54, 1.807) is 57.2 Å². The molecule has 43 heavy (non-hydrogen) atoms. The van der Waals surface area contributed by atoms with Crippen LogP contribution in [-0.2, 0) is 4.74 Å². The summed E-state index contributed by atoms with van der Waals surface area (Å²) in [5, 5.41) is 0. The van der Waals surface area contributed by atoms with Crippen LogP contribution in [0.15, 0.2) is 48.5 Å². The second-order valence-electron chi connectivity index (χ2n) is 12.0. The van der Waals surface area contributed by atoms with E-state index < -0.39 is 34.8 Å². The Morgan fingerprint density at radius 3 is 1.74 bits per heavy atom. The molecule has 0 radical (unpaired) electrons. The predicted octanol–water partition coefficient (Wildman–Crippen LogP) is 6.41. The second-order valence-corrected chi connectivity index (χ2v) is 12.0. The summed E-state index contributed by atoms with van der Waals surface area (Å²) in [4.78, 5) is 73.8. The van der Waals surface area contributed by atoms with Crippen LogP contribution in [0.2, 0.25) is 0 Å². The number of fused-ring (bicyclic) bond motifs is 6. The quantitative estimate of drug-likeness (QED) is 0.268. The highest BCUT2D eigenvalue weighted by atomic mass is 16.6. The maximum absolute atomic E-state index is 12.7. The molecule has 2 aliphatic rings. The van der Waals surface area contributed by atoms with Crippen molar-refractivity contribution in [2.45, 2.75) is 65.9 Å². The van der Waals surface area contributed by atoms with Crippen molar-refractivity contribution in [3.8, 4) is 22.5 Å². The van der Waals surface area contributed by atoms with E-state index in [0.717, 1.165) is 16.0 Å². The van der Waals surface area contributed by atoms with E-state index in [9.17, 15) is 24.0 Å². The number of H-pyrrole nitrogens is 1. The number of aromatic amines is 1. The topological polar surface area (TPSA) is 141 Å². The van der Waals surface area contributed by atoms with Crippen molar-refractivity contribution >= 4 is 29.2 Å². The lowest BCUT2D eigenvalue weighted by Gasteiger charge is -2.22. The fourth-order valence-electron chi connectivity index (χ4n) is 4.98. The number of hydrogen-bond acceptors (Lipinski definition) is 8. The first kappa shape index (κ1) is 29.5. The van der Waals surface area contributed by atoms with Gasteiger partial charge in [-0.2, -0.15) is 0 Å². The number of rotatable bonds is 2. The van der Waals surface area contributed by atoms with Crippen molar-refractivity contribution < 1.29 is 28.7 Å². The lowest BCUT2D eigenvalue weighted by atomic mass is 9.90. The van der Waals surface area contributed by atoms with Gasteiger partial charge in [0, 0.05) is 34.1 Å². The molecule has 0 fully saturated rings. The molecule has 1 N–H and O–H groups in total. The largest absolute Gasteiger partial charge is 0.443 e. The average Bonchev–Trinajstić information content (AvgIpc) is 3.58. The molecule has 2 aliphatic carbocycles. The smallest absolute Gasteiger partial charge is 0.420 e. The zero-order valence-corrected chi connectivity index (χ0v) is 25.1. The van der Waals surface area contributed by atoms with E-state index in [0.29, 0.717) is 39.6 Å². The maximum atomic E-state index is 12.7. The van der Waals surface area contributed by atoms with Crippen molar-refractivity contribution in [1.82, 2.24) is 19.5 Å². The molecule has 6 rings (SSSR count). The summed E-state index contributed by atoms with van der Waals surface area (Å²) in [6.45, 7) is 12.9. The average molecular weight is 581 g/mol. The molecule has 2 aromatic carbocycles. The van der Waals surface area contributed by atoms with E-state index in [1.165, 1.54) is 0 Å². The molecule has 0 saturated heterocycles. The monoisotopic (exact) mass is 580 g/mol. The van der Waals surface area contributed by atoms with Crippen LogP contribution in [-0.4, -0.2) is 54.3 Å². The Bertz CT molecular complexity index is 1830. The molecule has 4 aromatic rings. The molecule has 2 heterocycles. The Morgan fingerprint density at radius 1 is 0.721 bits per heavy atom. The van der Waals surface area contributed by atoms with Crippen molar-refractivity contribution in [2.75, 3.05) is 0 Å². The minimum absolute atomic E-state index is 0.0124. The lowest BCUT2D eigenvalue weighted by molar-refractivity contribution is 0.0521. The number of Topliss-reactive ketones (excluding diaryl/α,β-unsaturated/α-hetero) is 4. The number of nitrogens with one attached hydrogen (secondary N) is 1. The highest BCUT2D eigenvalue weighted by molar-refractivity contribution is 6.53. The van der Waals surface area contributed by atoms with Gasteiger partial charge in [-0.1, -0.05) is 76.2 Å². The van der Waals surface area contributed by atoms with Gasteiger partial charge in [0.1, 0.15) is 40.0 Å². The summed E-state index contributed by atoms with van der Waals surface area (Å²) in [6.07, 6.45) is -0.703. The molecular weight excluding hydrogens is 548 g/mol. The van der Waals surface area contributed by atoms with Crippen LogP contribution in [0.3, 0.4) is 0 Å². The summed E-state index contributed by atoms with van der Waals surface area (Å²) in [5.41, 5.74) is 2.58. The SMILES string of the molecule is CC(C)c1nc2c([nH]1)C(=O)C(=O)c1ccccc1-2.CC(C)c1nc2c(n1C(=O)OC(C)(C)C)C(=O)C(=O)c1ccccc1-2. The summed E-state index contributed by atoms with van der Waals surface area (Å²) in [5.74, 6) is -1.14. The number of ether oxygens (including phenoxy) is 1. The molecular formula is C33H32N4O6. The first-order valence-corrected chi connectivity index (χ1v) is 14.0. The zero-order chi connectivity index (χ0) is 31.4. The first-order chi connectivity index (χ1) is 20.2. The predicted molar refractivity (Wildman–Crippen MR) is 159 cm³/mol. The van der Waals surface area contributed by atoms with Crippen LogP contribution in [0.5, 0.6) is 0 Å². The molecule has 0 atom stereocenters. The Kier molecular flexibility index (Phi) is 7.33. The van der Waals surface area contributed by atoms with Gasteiger partial charge in [0.2, 0.25) is 11.6 Å². The molecule has 10 heteroatoms. The van der Waals surface area contributed by atoms with Gasteiger partial charge in [-0.15, -0.1) is 0 Å². The zero-order valence-electron chi connectivity index (χ0n) is 25.1. The Balaban J connectivity index is 0.000000180. The highest BCUT2D eigenvalue weighted by Gasteiger charge is 2.39. The number of aromatic nitrogens is 4. The van der Waals surface area contributed by atoms with Crippen molar-refractivity contribution in [3.63, 3.8) is 0 Å². The van der Waals surface area contributed by atoms with E-state index in [2.05, 4.69) is 15.0 Å². The molecule has 0 bridgehead atoms. The Morgan fingerprint density at radius 2 is 1.23 bits per heavy atom. The first-order valence-electron chi connectivity index (χ1n) is 14.0. The van der Waals surface area contributed by atoms with Gasteiger partial charge in [-0.05, 0) is 20.8 Å². The minimum Gasteiger partial charge on any atom is -0.443 e. The van der Waals surface area contributed by atoms with Gasteiger partial charge < -0.3 is 9.72 Å². The molecule has 0 amide bonds. The third-order valence-corrected chi connectivity index (χ3v) is 6.97. The van der Waals surface area contributed by atoms with Gasteiger partial charge in [-0.25, -0.2) is 19.3 Å². The van der Waals surface area contributed by atoms with E-state index in [4.69, 9.17) is 4.74 Å². The maximum Gasteiger partial charge on any atom is 0.420 e. The van der Waals surface area contributed by atoms with Crippen molar-refractivity contribution in [1.29, 1.82) is 0 Å². The number of ketones is 4. The summed E-state index contributed by atoms with van der Waals surface area (Å²) in [7, 11) is 0. The second kappa shape index (κ2) is 10.7. The molecule has 2 aromatic heterocycles. The van der Waals surface area contributed by atoms with Gasteiger partial charge in [-0.3, -0.25) is 19.2 Å². The minimum atomic E-state index is -0.737. The van der Waals surface area contributed by atoms with Gasteiger partial charge in [0.05, 0.1) is 0 Å². The number of carbonyl (C=O) groups excluding carboxylic acids is 5. The van der Waals surface area contributed by atoms with E-state index >= 15 is 0 Å². The molecule has 0 unspecified atom stereocenters. The fourth-order valence-corrected chi connectivity index (χ4v) is 4.98. The lowest BCUT2D eigenvalue weighted by Crippen LogP contribution is -2.32. The fraction of sp³-hybridized carbons (Fsp3) is 0.303. The van der Waals surface area contributed by atoms with Gasteiger partial charge >= 0.3 is 6.09 Å². The standard InChI is InChI=1S/C19H20N2O4.C14H12N2O2/c1-10(2)17-20-13-11-8-6-7-9-12(11)15(22)16(23)14(13)21(17)18(24)25-19(3,4)5;1-7(2)14-15-10-8-5-3-4-6-9(8)12(17)13(18)11(10)16-14/h6-10H,1-5H3;3-7H,1-2H3,(H,15,16). The normalized spacial score (nSPS) is 13.7. The van der Waals surface area contributed by atoms with Crippen LogP contribution in [0, 0.1) is 0 Å². The van der Waals surface area contributed by atoms with Crippen LogP contribution >= 0.6 is 0 Å². The number of imidazole rings is 2. The Labute approximate surface area is 248 Å². The summed E-state index contributed by atoms with van der Waals surface area (Å²) >= 11 is 0. The summed E-state index contributed by atoms with van der Waals surface area (Å²) in [6, 6.07) is 13.9. The van der Waals surface area contributed by atoms with Gasteiger partial charge in [0.15, 0.2) is 0 Å². The Hall–Kier alpha value is -4.99. The van der Waals surface area contributed by atoms with Crippen LogP contribution in [0.4, 0.5) is 4.79 Å². The number of hydrogen-bond donors (Lipinski definition) is 1. The molecule has 220 valence electrons. The number of carbonyl (C=O) groups is 5. The molecule has 0 aliphatic heterocycles. The number of benzene rings is 2. The van der Waals surface area contributed by atoms with Crippen LogP contribution in [0.1, 0.15) is 114 Å². The third kappa shape index (κ3) is 5.13. The number of nitrogens with zero attached hydrogens (tertiary/aromatic N) is 3. The highest BCUT2D eigenvalue weighted by Crippen LogP contribution is 2.36. The third-order valence-electron chi connectivity index (χ3n) is 6.97. The van der Waals surface area contributed by atoms with E-state index in [1.807, 2.05) is 39.8 Å². The summed E-state index contributed by atoms with van der Waals surface area (Å²) < 4.78 is 6.59. The molecule has 0 spiro atoms. The molecule has 0 saturated carbocycles. The van der Waals surface area contributed by atoms with Crippen molar-refractivity contribution in [2.24, 2.45) is 0 Å². The van der Waals surface area contributed by atoms with Crippen molar-refractivity contribution in [3.05, 3.63) is 82.7 Å². The van der Waals surface area contributed by atoms with Crippen LogP contribution < -0.4 is 0 Å². The van der Waals surface area contributed by atoms with E-state index in [-0.39, 0.29) is 17.5 Å². The molecule has 10 nitrogen and oxygen atoms in total.